The van der Waals surface area contributed by atoms with E-state index in [0.29, 0.717) is 29.7 Å². The first kappa shape index (κ1) is 10.2. The van der Waals surface area contributed by atoms with Crippen LogP contribution < -0.4 is 11.1 Å². The first-order valence-corrected chi connectivity index (χ1v) is 4.63. The molecule has 2 rings (SSSR count). The standard InChI is InChI=1S/C9H10N4O3/c10-6-1-2-7(11-3-4-15-5-14)9-8(6)12-16-13-9/h1-2,5,11H,3-4,10H2. The number of ether oxygens (including phenoxy) is 1. The van der Waals surface area contributed by atoms with Crippen molar-refractivity contribution in [2.24, 2.45) is 0 Å². The third kappa shape index (κ3) is 1.88. The number of rotatable bonds is 5. The first-order valence-electron chi connectivity index (χ1n) is 4.63. The summed E-state index contributed by atoms with van der Waals surface area (Å²) in [7, 11) is 0. The van der Waals surface area contributed by atoms with Crippen LogP contribution in [-0.2, 0) is 9.53 Å². The summed E-state index contributed by atoms with van der Waals surface area (Å²) >= 11 is 0. The van der Waals surface area contributed by atoms with Crippen LogP contribution >= 0.6 is 0 Å². The summed E-state index contributed by atoms with van der Waals surface area (Å²) in [6, 6.07) is 3.47. The molecule has 1 aromatic heterocycles. The van der Waals surface area contributed by atoms with Crippen LogP contribution in [0.5, 0.6) is 0 Å². The molecule has 7 heteroatoms. The quantitative estimate of drug-likeness (QED) is 0.428. The minimum absolute atomic E-state index is 0.278. The Morgan fingerprint density at radius 1 is 1.44 bits per heavy atom. The topological polar surface area (TPSA) is 103 Å². The summed E-state index contributed by atoms with van der Waals surface area (Å²) in [5.41, 5.74) is 8.00. The minimum Gasteiger partial charge on any atom is -0.466 e. The average Bonchev–Trinajstić information content (AvgIpc) is 2.77. The summed E-state index contributed by atoms with van der Waals surface area (Å²) < 4.78 is 9.15. The predicted molar refractivity (Wildman–Crippen MR) is 56.7 cm³/mol. The fourth-order valence-electron chi connectivity index (χ4n) is 1.32. The monoisotopic (exact) mass is 222 g/mol. The van der Waals surface area contributed by atoms with Gasteiger partial charge in [0.1, 0.15) is 6.61 Å². The van der Waals surface area contributed by atoms with Crippen LogP contribution in [0, 0.1) is 0 Å². The Balaban J connectivity index is 2.15. The van der Waals surface area contributed by atoms with Crippen LogP contribution in [0.25, 0.3) is 11.0 Å². The SMILES string of the molecule is Nc1ccc(NCCOC=O)c2nonc12. The van der Waals surface area contributed by atoms with Crippen LogP contribution in [-0.4, -0.2) is 29.9 Å². The summed E-state index contributed by atoms with van der Waals surface area (Å²) in [6.45, 7) is 1.16. The van der Waals surface area contributed by atoms with E-state index in [1.165, 1.54) is 0 Å². The maximum Gasteiger partial charge on any atom is 0.293 e. The molecule has 84 valence electrons. The lowest BCUT2D eigenvalue weighted by atomic mass is 10.2. The molecule has 1 aromatic carbocycles. The number of hydrogen-bond acceptors (Lipinski definition) is 7. The molecule has 1 heterocycles. The maximum absolute atomic E-state index is 9.93. The lowest BCUT2D eigenvalue weighted by Crippen LogP contribution is -2.09. The molecule has 0 aliphatic rings. The van der Waals surface area contributed by atoms with Crippen molar-refractivity contribution in [3.05, 3.63) is 12.1 Å². The van der Waals surface area contributed by atoms with Gasteiger partial charge >= 0.3 is 0 Å². The molecular formula is C9H10N4O3. The molecule has 2 aromatic rings. The average molecular weight is 222 g/mol. The Bertz CT molecular complexity index is 496. The molecule has 0 aliphatic heterocycles. The molecular weight excluding hydrogens is 212 g/mol. The van der Waals surface area contributed by atoms with E-state index < -0.39 is 0 Å². The highest BCUT2D eigenvalue weighted by Crippen LogP contribution is 2.24. The summed E-state index contributed by atoms with van der Waals surface area (Å²) in [6.07, 6.45) is 0. The first-order chi connectivity index (χ1) is 7.83. The van der Waals surface area contributed by atoms with Crippen LogP contribution in [0.2, 0.25) is 0 Å². The minimum atomic E-state index is 0.278. The summed E-state index contributed by atoms with van der Waals surface area (Å²) in [5.74, 6) is 0. The van der Waals surface area contributed by atoms with Gasteiger partial charge in [-0.05, 0) is 22.4 Å². The van der Waals surface area contributed by atoms with E-state index in [9.17, 15) is 4.79 Å². The second kappa shape index (κ2) is 4.47. The lowest BCUT2D eigenvalue weighted by Gasteiger charge is -2.05. The van der Waals surface area contributed by atoms with Crippen molar-refractivity contribution in [3.63, 3.8) is 0 Å². The van der Waals surface area contributed by atoms with E-state index in [4.69, 9.17) is 5.73 Å². The van der Waals surface area contributed by atoms with Crippen molar-refractivity contribution in [1.29, 1.82) is 0 Å². The Morgan fingerprint density at radius 3 is 3.06 bits per heavy atom. The number of nitrogen functional groups attached to an aromatic ring is 1. The van der Waals surface area contributed by atoms with E-state index in [0.717, 1.165) is 5.69 Å². The van der Waals surface area contributed by atoms with Crippen LogP contribution in [0.4, 0.5) is 11.4 Å². The zero-order valence-corrected chi connectivity index (χ0v) is 8.34. The number of aromatic nitrogens is 2. The van der Waals surface area contributed by atoms with Crippen LogP contribution in [0.3, 0.4) is 0 Å². The number of nitrogens with zero attached hydrogens (tertiary/aromatic N) is 2. The van der Waals surface area contributed by atoms with Gasteiger partial charge < -0.3 is 15.8 Å². The fraction of sp³-hybridized carbons (Fsp3) is 0.222. The normalized spacial score (nSPS) is 10.2. The molecule has 0 aliphatic carbocycles. The number of carbonyl (C=O) groups is 1. The molecule has 0 saturated heterocycles. The molecule has 0 saturated carbocycles. The van der Waals surface area contributed by atoms with Gasteiger partial charge in [-0.1, -0.05) is 0 Å². The van der Waals surface area contributed by atoms with Gasteiger partial charge in [0.25, 0.3) is 6.47 Å². The summed E-state index contributed by atoms with van der Waals surface area (Å²) in [4.78, 5) is 9.93. The molecule has 0 unspecified atom stereocenters. The number of carbonyl (C=O) groups excluding carboxylic acids is 1. The third-order valence-electron chi connectivity index (χ3n) is 2.05. The number of benzene rings is 1. The largest absolute Gasteiger partial charge is 0.466 e. The van der Waals surface area contributed by atoms with Gasteiger partial charge in [0, 0.05) is 6.54 Å². The Kier molecular flexibility index (Phi) is 2.86. The molecule has 0 amide bonds. The molecule has 0 bridgehead atoms. The zero-order valence-electron chi connectivity index (χ0n) is 8.34. The van der Waals surface area contributed by atoms with Crippen LogP contribution in [0.15, 0.2) is 16.8 Å². The molecule has 3 N–H and O–H groups in total. The number of fused-ring (bicyclic) bond motifs is 1. The molecule has 0 radical (unpaired) electrons. The van der Waals surface area contributed by atoms with Crippen LogP contribution in [0.1, 0.15) is 0 Å². The van der Waals surface area contributed by atoms with Gasteiger partial charge in [-0.3, -0.25) is 4.79 Å². The van der Waals surface area contributed by atoms with Crippen molar-refractivity contribution >= 4 is 28.9 Å². The van der Waals surface area contributed by atoms with Gasteiger partial charge in [-0.25, -0.2) is 4.63 Å². The fourth-order valence-corrected chi connectivity index (χ4v) is 1.32. The van der Waals surface area contributed by atoms with Gasteiger partial charge in [-0.2, -0.15) is 0 Å². The van der Waals surface area contributed by atoms with E-state index in [-0.39, 0.29) is 6.61 Å². The van der Waals surface area contributed by atoms with Crippen molar-refractivity contribution in [2.45, 2.75) is 0 Å². The van der Waals surface area contributed by atoms with Gasteiger partial charge in [0.2, 0.25) is 0 Å². The Labute approximate surface area is 90.5 Å². The van der Waals surface area contributed by atoms with E-state index >= 15 is 0 Å². The Hall–Kier alpha value is -2.31. The number of hydrogen-bond donors (Lipinski definition) is 2. The van der Waals surface area contributed by atoms with Crippen molar-refractivity contribution < 1.29 is 14.2 Å². The van der Waals surface area contributed by atoms with Gasteiger partial charge in [0.05, 0.1) is 11.4 Å². The summed E-state index contributed by atoms with van der Waals surface area (Å²) in [5, 5.41) is 10.5. The van der Waals surface area contributed by atoms with Gasteiger partial charge in [0.15, 0.2) is 11.0 Å². The number of anilines is 2. The van der Waals surface area contributed by atoms with Crippen molar-refractivity contribution in [3.8, 4) is 0 Å². The zero-order chi connectivity index (χ0) is 11.4. The highest BCUT2D eigenvalue weighted by atomic mass is 16.6. The highest BCUT2D eigenvalue weighted by molar-refractivity contribution is 5.94. The number of nitrogens with one attached hydrogen (secondary N) is 1. The molecule has 0 atom stereocenters. The molecule has 0 fully saturated rings. The molecule has 7 nitrogen and oxygen atoms in total. The van der Waals surface area contributed by atoms with Gasteiger partial charge in [-0.15, -0.1) is 0 Å². The van der Waals surface area contributed by atoms with E-state index in [1.54, 1.807) is 12.1 Å². The van der Waals surface area contributed by atoms with Crippen molar-refractivity contribution in [1.82, 2.24) is 10.3 Å². The van der Waals surface area contributed by atoms with Crippen molar-refractivity contribution in [2.75, 3.05) is 24.2 Å². The number of nitrogens with two attached hydrogens (primary N) is 1. The smallest absolute Gasteiger partial charge is 0.293 e. The second-order valence-corrected chi connectivity index (χ2v) is 3.06. The van der Waals surface area contributed by atoms with E-state index in [2.05, 4.69) is 25.0 Å². The predicted octanol–water partition coefficient (Wildman–Crippen LogP) is 0.390. The Morgan fingerprint density at radius 2 is 2.25 bits per heavy atom. The highest BCUT2D eigenvalue weighted by Gasteiger charge is 2.09. The molecule has 0 spiro atoms. The lowest BCUT2D eigenvalue weighted by molar-refractivity contribution is -0.128. The van der Waals surface area contributed by atoms with E-state index in [1.807, 2.05) is 0 Å². The third-order valence-corrected chi connectivity index (χ3v) is 2.05. The second-order valence-electron chi connectivity index (χ2n) is 3.06. The maximum atomic E-state index is 9.93. The molecule has 16 heavy (non-hydrogen) atoms.